The number of aromatic nitrogens is 3. The maximum absolute atomic E-state index is 6.04. The Balaban J connectivity index is 1.64. The van der Waals surface area contributed by atoms with E-state index in [-0.39, 0.29) is 0 Å². The number of thioether (sulfide) groups is 1. The molecule has 0 aliphatic rings. The molecule has 0 aliphatic heterocycles. The normalized spacial score (nSPS) is 11.7. The number of anilines is 1. The van der Waals surface area contributed by atoms with E-state index in [0.717, 1.165) is 16.3 Å². The second kappa shape index (κ2) is 7.50. The van der Waals surface area contributed by atoms with Crippen LogP contribution in [0.5, 0.6) is 0 Å². The summed E-state index contributed by atoms with van der Waals surface area (Å²) in [5, 5.41) is 15.1. The lowest BCUT2D eigenvalue weighted by Crippen LogP contribution is -2.13. The summed E-state index contributed by atoms with van der Waals surface area (Å²) in [7, 11) is 0. The zero-order chi connectivity index (χ0) is 16.9. The van der Waals surface area contributed by atoms with E-state index in [1.165, 1.54) is 27.6 Å². The van der Waals surface area contributed by atoms with Crippen molar-refractivity contribution in [2.45, 2.75) is 24.8 Å². The number of rotatable bonds is 6. The van der Waals surface area contributed by atoms with Gasteiger partial charge in [-0.1, -0.05) is 47.7 Å². The molecule has 0 radical (unpaired) electrons. The number of benzene rings is 1. The Morgan fingerprint density at radius 2 is 2.21 bits per heavy atom. The molecule has 0 atom stereocenters. The van der Waals surface area contributed by atoms with Gasteiger partial charge in [-0.2, -0.15) is 5.10 Å². The van der Waals surface area contributed by atoms with Crippen molar-refractivity contribution in [2.24, 2.45) is 5.10 Å². The van der Waals surface area contributed by atoms with E-state index in [9.17, 15) is 0 Å². The highest BCUT2D eigenvalue weighted by Gasteiger charge is 2.10. The first-order valence-electron chi connectivity index (χ1n) is 7.36. The average Bonchev–Trinajstić information content (AvgIpc) is 3.21. The number of nitrogen functional groups attached to an aromatic ring is 1. The number of aryl methyl sites for hydroxylation is 1. The van der Waals surface area contributed by atoms with E-state index in [4.69, 9.17) is 5.84 Å². The molecule has 3 aromatic rings. The molecule has 6 nitrogen and oxygen atoms in total. The van der Waals surface area contributed by atoms with Crippen LogP contribution in [0, 0.1) is 6.92 Å². The molecule has 24 heavy (non-hydrogen) atoms. The largest absolute Gasteiger partial charge is 0.334 e. The van der Waals surface area contributed by atoms with Crippen LogP contribution < -0.4 is 11.3 Å². The second-order valence-corrected chi connectivity index (χ2v) is 7.13. The second-order valence-electron chi connectivity index (χ2n) is 5.24. The molecular formula is C16H18N6S2. The maximum atomic E-state index is 6.04. The molecule has 1 aromatic carbocycles. The third-order valence-corrected chi connectivity index (χ3v) is 5.31. The molecule has 8 heteroatoms. The fraction of sp³-hybridized carbons (Fsp3) is 0.188. The van der Waals surface area contributed by atoms with Gasteiger partial charge in [-0.05, 0) is 30.9 Å². The van der Waals surface area contributed by atoms with Crippen LogP contribution in [0.25, 0.3) is 0 Å². The van der Waals surface area contributed by atoms with Crippen LogP contribution in [0.4, 0.5) is 5.95 Å². The van der Waals surface area contributed by atoms with Crippen molar-refractivity contribution in [1.82, 2.24) is 14.9 Å². The third kappa shape index (κ3) is 3.95. The average molecular weight is 358 g/mol. The van der Waals surface area contributed by atoms with Crippen LogP contribution in [-0.4, -0.2) is 20.6 Å². The summed E-state index contributed by atoms with van der Waals surface area (Å²) in [5.74, 6) is 7.24. The first-order valence-corrected chi connectivity index (χ1v) is 9.23. The molecule has 2 heterocycles. The fourth-order valence-corrected chi connectivity index (χ4v) is 3.55. The van der Waals surface area contributed by atoms with Gasteiger partial charge in [0.1, 0.15) is 0 Å². The smallest absolute Gasteiger partial charge is 0.264 e. The summed E-state index contributed by atoms with van der Waals surface area (Å²) in [6.45, 7) is 4.01. The Bertz CT molecular complexity index is 838. The van der Waals surface area contributed by atoms with Crippen LogP contribution in [0.15, 0.2) is 52.0 Å². The SMILES string of the molecule is C/C(=N\Nc1nnc(SCc2cccc(C)c2)n1N)c1cccs1. The zero-order valence-corrected chi connectivity index (χ0v) is 15.1. The van der Waals surface area contributed by atoms with Crippen LogP contribution in [0.2, 0.25) is 0 Å². The summed E-state index contributed by atoms with van der Waals surface area (Å²) in [4.78, 5) is 1.10. The number of hydrazone groups is 1. The molecule has 3 N–H and O–H groups in total. The Kier molecular flexibility index (Phi) is 5.17. The number of hydrogen-bond acceptors (Lipinski definition) is 7. The highest BCUT2D eigenvalue weighted by Crippen LogP contribution is 2.22. The summed E-state index contributed by atoms with van der Waals surface area (Å²) >= 11 is 3.17. The lowest BCUT2D eigenvalue weighted by Gasteiger charge is -2.04. The highest BCUT2D eigenvalue weighted by molar-refractivity contribution is 7.98. The zero-order valence-electron chi connectivity index (χ0n) is 13.4. The van der Waals surface area contributed by atoms with Crippen molar-refractivity contribution < 1.29 is 0 Å². The minimum atomic E-state index is 0.414. The lowest BCUT2D eigenvalue weighted by atomic mass is 10.2. The van der Waals surface area contributed by atoms with Gasteiger partial charge in [-0.3, -0.25) is 0 Å². The van der Waals surface area contributed by atoms with E-state index < -0.39 is 0 Å². The van der Waals surface area contributed by atoms with Gasteiger partial charge in [-0.25, -0.2) is 10.1 Å². The number of thiophene rings is 1. The van der Waals surface area contributed by atoms with Crippen molar-refractivity contribution in [3.8, 4) is 0 Å². The highest BCUT2D eigenvalue weighted by atomic mass is 32.2. The number of nitrogens with zero attached hydrogens (tertiary/aromatic N) is 4. The van der Waals surface area contributed by atoms with E-state index in [1.807, 2.05) is 30.5 Å². The van der Waals surface area contributed by atoms with E-state index >= 15 is 0 Å². The summed E-state index contributed by atoms with van der Waals surface area (Å²) < 4.78 is 1.42. The van der Waals surface area contributed by atoms with Crippen molar-refractivity contribution >= 4 is 34.8 Å². The minimum absolute atomic E-state index is 0.414. The summed E-state index contributed by atoms with van der Waals surface area (Å²) in [5.41, 5.74) is 6.22. The van der Waals surface area contributed by atoms with E-state index in [1.54, 1.807) is 11.3 Å². The van der Waals surface area contributed by atoms with Gasteiger partial charge in [0.15, 0.2) is 0 Å². The Hall–Kier alpha value is -2.32. The van der Waals surface area contributed by atoms with Crippen molar-refractivity contribution in [3.05, 3.63) is 57.8 Å². The van der Waals surface area contributed by atoms with Crippen molar-refractivity contribution in [2.75, 3.05) is 11.3 Å². The Morgan fingerprint density at radius 3 is 2.96 bits per heavy atom. The molecule has 0 aliphatic carbocycles. The quantitative estimate of drug-likeness (QED) is 0.305. The standard InChI is InChI=1S/C16H18N6S2/c1-11-5-3-6-13(9-11)10-24-16-21-20-15(22(16)17)19-18-12(2)14-7-4-8-23-14/h3-9H,10,17H2,1-2H3,(H,19,20)/b18-12+. The molecule has 0 amide bonds. The number of hydrogen-bond donors (Lipinski definition) is 2. The van der Waals surface area contributed by atoms with E-state index in [2.05, 4.69) is 45.8 Å². The molecule has 0 fully saturated rings. The van der Waals surface area contributed by atoms with Gasteiger partial charge in [-0.15, -0.1) is 21.5 Å². The number of nitrogens with one attached hydrogen (secondary N) is 1. The maximum Gasteiger partial charge on any atom is 0.264 e. The monoisotopic (exact) mass is 358 g/mol. The van der Waals surface area contributed by atoms with Gasteiger partial charge in [0, 0.05) is 10.6 Å². The fourth-order valence-electron chi connectivity index (χ4n) is 2.07. The molecule has 0 spiro atoms. The van der Waals surface area contributed by atoms with Gasteiger partial charge < -0.3 is 5.84 Å². The van der Waals surface area contributed by atoms with Crippen LogP contribution >= 0.6 is 23.1 Å². The van der Waals surface area contributed by atoms with Gasteiger partial charge in [0.2, 0.25) is 5.16 Å². The predicted molar refractivity (Wildman–Crippen MR) is 101 cm³/mol. The van der Waals surface area contributed by atoms with Gasteiger partial charge in [0.25, 0.3) is 5.95 Å². The molecule has 2 aromatic heterocycles. The van der Waals surface area contributed by atoms with Crippen molar-refractivity contribution in [3.63, 3.8) is 0 Å². The Labute approximate surface area is 148 Å². The van der Waals surface area contributed by atoms with Crippen LogP contribution in [0.3, 0.4) is 0 Å². The molecule has 0 unspecified atom stereocenters. The van der Waals surface area contributed by atoms with Gasteiger partial charge >= 0.3 is 0 Å². The third-order valence-electron chi connectivity index (χ3n) is 3.32. The molecule has 124 valence electrons. The van der Waals surface area contributed by atoms with Crippen LogP contribution in [-0.2, 0) is 5.75 Å². The molecule has 0 saturated heterocycles. The molecule has 3 rings (SSSR count). The molecule has 0 bridgehead atoms. The topological polar surface area (TPSA) is 81.1 Å². The van der Waals surface area contributed by atoms with Gasteiger partial charge in [0.05, 0.1) is 5.71 Å². The van der Waals surface area contributed by atoms with Crippen LogP contribution in [0.1, 0.15) is 22.9 Å². The van der Waals surface area contributed by atoms with Crippen molar-refractivity contribution in [1.29, 1.82) is 0 Å². The minimum Gasteiger partial charge on any atom is -0.334 e. The molecule has 0 saturated carbocycles. The van der Waals surface area contributed by atoms with E-state index in [0.29, 0.717) is 11.1 Å². The molecular weight excluding hydrogens is 340 g/mol. The first-order chi connectivity index (χ1) is 11.6. The Morgan fingerprint density at radius 1 is 1.33 bits per heavy atom. The first kappa shape index (κ1) is 16.5. The number of nitrogens with two attached hydrogens (primary N) is 1. The summed E-state index contributed by atoms with van der Waals surface area (Å²) in [6.07, 6.45) is 0. The predicted octanol–water partition coefficient (Wildman–Crippen LogP) is 3.49. The lowest BCUT2D eigenvalue weighted by molar-refractivity contribution is 0.846. The summed E-state index contributed by atoms with van der Waals surface area (Å²) in [6, 6.07) is 12.4.